The third kappa shape index (κ3) is 2.14. The fraction of sp³-hybridized carbons (Fsp3) is 0.455. The predicted molar refractivity (Wildman–Crippen MR) is 62.3 cm³/mol. The van der Waals surface area contributed by atoms with Crippen molar-refractivity contribution in [3.8, 4) is 0 Å². The highest BCUT2D eigenvalue weighted by molar-refractivity contribution is 5.93. The lowest BCUT2D eigenvalue weighted by molar-refractivity contribution is 0.1000. The molecule has 0 bridgehead atoms. The highest BCUT2D eigenvalue weighted by Crippen LogP contribution is 2.19. The number of rotatable bonds is 2. The Bertz CT molecular complexity index is 418. The van der Waals surface area contributed by atoms with E-state index in [2.05, 4.69) is 9.88 Å². The van der Waals surface area contributed by atoms with Crippen LogP contribution in [0.2, 0.25) is 0 Å². The fourth-order valence-electron chi connectivity index (χ4n) is 1.95. The van der Waals surface area contributed by atoms with Crippen molar-refractivity contribution in [1.29, 1.82) is 0 Å². The van der Waals surface area contributed by atoms with Gasteiger partial charge in [0.25, 0.3) is 0 Å². The lowest BCUT2D eigenvalue weighted by Crippen LogP contribution is -2.27. The monoisotopic (exact) mass is 220 g/mol. The molecule has 1 aromatic rings. The Hall–Kier alpha value is -1.62. The number of nitrogens with two attached hydrogens (primary N) is 2. The first-order valence-electron chi connectivity index (χ1n) is 5.35. The van der Waals surface area contributed by atoms with Crippen molar-refractivity contribution in [3.63, 3.8) is 0 Å². The van der Waals surface area contributed by atoms with Crippen LogP contribution < -0.4 is 16.4 Å². The molecule has 16 heavy (non-hydrogen) atoms. The Balaban J connectivity index is 2.30. The van der Waals surface area contributed by atoms with Gasteiger partial charge in [0.2, 0.25) is 5.91 Å². The Labute approximate surface area is 94.4 Å². The molecule has 1 fully saturated rings. The average Bonchev–Trinajstić information content (AvgIpc) is 2.64. The van der Waals surface area contributed by atoms with Gasteiger partial charge in [0, 0.05) is 30.4 Å². The molecule has 0 saturated carbocycles. The quantitative estimate of drug-likeness (QED) is 0.736. The number of carbonyl (C=O) groups is 1. The van der Waals surface area contributed by atoms with E-state index in [4.69, 9.17) is 11.5 Å². The number of carbonyl (C=O) groups excluding carboxylic acids is 1. The van der Waals surface area contributed by atoms with Crippen molar-refractivity contribution in [2.24, 2.45) is 11.5 Å². The van der Waals surface area contributed by atoms with Gasteiger partial charge in [0.05, 0.1) is 0 Å². The molecule has 2 heterocycles. The number of amides is 1. The standard InChI is InChI=1S/C11H16N4O/c1-7-4-8(11(13)16)5-10(14-7)15-3-2-9(12)6-15/h4-5,9H,2-3,6,12H2,1H3,(H2,13,16). The number of pyridine rings is 1. The molecule has 5 heteroatoms. The first-order chi connectivity index (χ1) is 7.56. The van der Waals surface area contributed by atoms with Crippen LogP contribution >= 0.6 is 0 Å². The third-order valence-electron chi connectivity index (χ3n) is 2.77. The number of aromatic nitrogens is 1. The number of hydrogen-bond acceptors (Lipinski definition) is 4. The summed E-state index contributed by atoms with van der Waals surface area (Å²) in [6.45, 7) is 3.52. The summed E-state index contributed by atoms with van der Waals surface area (Å²) in [7, 11) is 0. The van der Waals surface area contributed by atoms with Gasteiger partial charge in [0.15, 0.2) is 0 Å². The van der Waals surface area contributed by atoms with Crippen molar-refractivity contribution in [1.82, 2.24) is 4.98 Å². The molecule has 4 N–H and O–H groups in total. The van der Waals surface area contributed by atoms with Gasteiger partial charge in [-0.3, -0.25) is 4.79 Å². The molecule has 86 valence electrons. The molecule has 0 radical (unpaired) electrons. The fourth-order valence-corrected chi connectivity index (χ4v) is 1.95. The van der Waals surface area contributed by atoms with Gasteiger partial charge in [-0.2, -0.15) is 0 Å². The molecule has 1 saturated heterocycles. The summed E-state index contributed by atoms with van der Waals surface area (Å²) in [5.74, 6) is 0.372. The summed E-state index contributed by atoms with van der Waals surface area (Å²) >= 11 is 0. The van der Waals surface area contributed by atoms with E-state index >= 15 is 0 Å². The van der Waals surface area contributed by atoms with Gasteiger partial charge < -0.3 is 16.4 Å². The van der Waals surface area contributed by atoms with E-state index in [0.29, 0.717) is 5.56 Å². The minimum absolute atomic E-state index is 0.194. The van der Waals surface area contributed by atoms with Crippen molar-refractivity contribution in [2.75, 3.05) is 18.0 Å². The molecule has 1 aliphatic heterocycles. The normalized spacial score (nSPS) is 20.1. The molecule has 1 unspecified atom stereocenters. The summed E-state index contributed by atoms with van der Waals surface area (Å²) in [6, 6.07) is 3.62. The summed E-state index contributed by atoms with van der Waals surface area (Å²) in [5, 5.41) is 0. The number of nitrogens with zero attached hydrogens (tertiary/aromatic N) is 2. The molecule has 2 rings (SSSR count). The van der Waals surface area contributed by atoms with Gasteiger partial charge in [-0.1, -0.05) is 0 Å². The van der Waals surface area contributed by atoms with Crippen LogP contribution in [0.25, 0.3) is 0 Å². The molecular formula is C11H16N4O. The Morgan fingerprint density at radius 3 is 2.88 bits per heavy atom. The van der Waals surface area contributed by atoms with Crippen LogP contribution in [-0.4, -0.2) is 30.0 Å². The molecule has 1 aromatic heterocycles. The zero-order valence-corrected chi connectivity index (χ0v) is 9.31. The van der Waals surface area contributed by atoms with Crippen molar-refractivity contribution < 1.29 is 4.79 Å². The molecule has 1 amide bonds. The molecule has 1 aliphatic rings. The topological polar surface area (TPSA) is 85.2 Å². The maximum atomic E-state index is 11.1. The summed E-state index contributed by atoms with van der Waals surface area (Å²) in [6.07, 6.45) is 0.960. The first-order valence-corrected chi connectivity index (χ1v) is 5.35. The molecule has 1 atom stereocenters. The van der Waals surface area contributed by atoms with Gasteiger partial charge in [-0.25, -0.2) is 4.98 Å². The predicted octanol–water partition coefficient (Wildman–Crippen LogP) is 0.0263. The number of anilines is 1. The lowest BCUT2D eigenvalue weighted by Gasteiger charge is -2.17. The highest BCUT2D eigenvalue weighted by atomic mass is 16.1. The summed E-state index contributed by atoms with van der Waals surface area (Å²) in [4.78, 5) is 17.6. The van der Waals surface area contributed by atoms with Crippen LogP contribution in [0.5, 0.6) is 0 Å². The van der Waals surface area contributed by atoms with E-state index in [1.54, 1.807) is 12.1 Å². The molecule has 5 nitrogen and oxygen atoms in total. The number of hydrogen-bond donors (Lipinski definition) is 2. The van der Waals surface area contributed by atoms with Crippen molar-refractivity contribution >= 4 is 11.7 Å². The SMILES string of the molecule is Cc1cc(C(N)=O)cc(N2CCC(N)C2)n1. The van der Waals surface area contributed by atoms with Crippen molar-refractivity contribution in [3.05, 3.63) is 23.4 Å². The Morgan fingerprint density at radius 2 is 2.31 bits per heavy atom. The van der Waals surface area contributed by atoms with Gasteiger partial charge >= 0.3 is 0 Å². The smallest absolute Gasteiger partial charge is 0.248 e. The second kappa shape index (κ2) is 4.09. The second-order valence-corrected chi connectivity index (χ2v) is 4.21. The molecule has 0 spiro atoms. The van der Waals surface area contributed by atoms with Gasteiger partial charge in [-0.05, 0) is 25.5 Å². The van der Waals surface area contributed by atoms with Crippen LogP contribution in [-0.2, 0) is 0 Å². The van der Waals surface area contributed by atoms with Crippen LogP contribution in [0, 0.1) is 6.92 Å². The maximum absolute atomic E-state index is 11.1. The minimum Gasteiger partial charge on any atom is -0.366 e. The van der Waals surface area contributed by atoms with E-state index in [-0.39, 0.29) is 6.04 Å². The zero-order chi connectivity index (χ0) is 11.7. The largest absolute Gasteiger partial charge is 0.366 e. The van der Waals surface area contributed by atoms with Gasteiger partial charge in [0.1, 0.15) is 5.82 Å². The summed E-state index contributed by atoms with van der Waals surface area (Å²) in [5.41, 5.74) is 12.4. The van der Waals surface area contributed by atoms with Gasteiger partial charge in [-0.15, -0.1) is 0 Å². The summed E-state index contributed by atoms with van der Waals surface area (Å²) < 4.78 is 0. The van der Waals surface area contributed by atoms with Crippen LogP contribution in [0.15, 0.2) is 12.1 Å². The minimum atomic E-state index is -0.421. The highest BCUT2D eigenvalue weighted by Gasteiger charge is 2.21. The molecular weight excluding hydrogens is 204 g/mol. The maximum Gasteiger partial charge on any atom is 0.248 e. The van der Waals surface area contributed by atoms with E-state index in [0.717, 1.165) is 31.0 Å². The average molecular weight is 220 g/mol. The molecule has 0 aliphatic carbocycles. The lowest BCUT2D eigenvalue weighted by atomic mass is 10.2. The van der Waals surface area contributed by atoms with Crippen LogP contribution in [0.4, 0.5) is 5.82 Å². The number of primary amides is 1. The zero-order valence-electron chi connectivity index (χ0n) is 9.31. The first kappa shape index (κ1) is 10.9. The van der Waals surface area contributed by atoms with E-state index in [1.165, 1.54) is 0 Å². The second-order valence-electron chi connectivity index (χ2n) is 4.21. The van der Waals surface area contributed by atoms with Crippen molar-refractivity contribution in [2.45, 2.75) is 19.4 Å². The van der Waals surface area contributed by atoms with Crippen LogP contribution in [0.3, 0.4) is 0 Å². The third-order valence-corrected chi connectivity index (χ3v) is 2.77. The van der Waals surface area contributed by atoms with E-state index < -0.39 is 5.91 Å². The Morgan fingerprint density at radius 1 is 1.56 bits per heavy atom. The number of aryl methyl sites for hydroxylation is 1. The van der Waals surface area contributed by atoms with E-state index in [9.17, 15) is 4.79 Å². The molecule has 0 aromatic carbocycles. The Kier molecular flexibility index (Phi) is 2.78. The van der Waals surface area contributed by atoms with Crippen LogP contribution in [0.1, 0.15) is 22.5 Å². The van der Waals surface area contributed by atoms with E-state index in [1.807, 2.05) is 6.92 Å².